The van der Waals surface area contributed by atoms with E-state index in [1.807, 2.05) is 12.1 Å². The summed E-state index contributed by atoms with van der Waals surface area (Å²) in [6, 6.07) is 3.82. The Labute approximate surface area is 96.3 Å². The van der Waals surface area contributed by atoms with Gasteiger partial charge in [0.05, 0.1) is 6.10 Å². The Hall–Kier alpha value is -0.640. The molecular weight excluding hydrogens is 212 g/mol. The molecule has 1 aliphatic heterocycles. The zero-order valence-electron chi connectivity index (χ0n) is 8.60. The molecule has 0 bridgehead atoms. The third-order valence-corrected chi connectivity index (χ3v) is 2.86. The smallest absolute Gasteiger partial charge is 0.0833 e. The number of hydrogen-bond donors (Lipinski definition) is 2. The second kappa shape index (κ2) is 6.05. The Kier molecular flexibility index (Phi) is 5.02. The van der Waals surface area contributed by atoms with Crippen molar-refractivity contribution in [2.45, 2.75) is 18.9 Å². The molecule has 0 amide bonds. The van der Waals surface area contributed by atoms with Crippen LogP contribution in [0.15, 0.2) is 24.5 Å². The van der Waals surface area contributed by atoms with E-state index < -0.39 is 0 Å². The van der Waals surface area contributed by atoms with Gasteiger partial charge in [-0.05, 0) is 43.5 Å². The van der Waals surface area contributed by atoms with Crippen molar-refractivity contribution in [3.8, 4) is 0 Å². The predicted octanol–water partition coefficient (Wildman–Crippen LogP) is 1.54. The molecule has 1 saturated heterocycles. The van der Waals surface area contributed by atoms with Crippen molar-refractivity contribution < 1.29 is 5.11 Å². The lowest BCUT2D eigenvalue weighted by Gasteiger charge is -2.27. The molecule has 1 fully saturated rings. The largest absolute Gasteiger partial charge is 0.388 e. The third kappa shape index (κ3) is 3.16. The van der Waals surface area contributed by atoms with Gasteiger partial charge in [0.2, 0.25) is 0 Å². The highest BCUT2D eigenvalue weighted by atomic mass is 35.5. The lowest BCUT2D eigenvalue weighted by Crippen LogP contribution is -2.30. The van der Waals surface area contributed by atoms with Crippen molar-refractivity contribution >= 4 is 12.4 Å². The Morgan fingerprint density at radius 2 is 2.13 bits per heavy atom. The van der Waals surface area contributed by atoms with E-state index in [0.717, 1.165) is 31.5 Å². The topological polar surface area (TPSA) is 45.2 Å². The van der Waals surface area contributed by atoms with Crippen LogP contribution in [0.25, 0.3) is 0 Å². The van der Waals surface area contributed by atoms with Gasteiger partial charge in [0.15, 0.2) is 0 Å². The number of halogens is 1. The minimum atomic E-state index is -0.342. The van der Waals surface area contributed by atoms with Crippen molar-refractivity contribution in [2.75, 3.05) is 13.1 Å². The minimum absolute atomic E-state index is 0. The van der Waals surface area contributed by atoms with Crippen molar-refractivity contribution in [1.29, 1.82) is 0 Å². The van der Waals surface area contributed by atoms with Crippen LogP contribution in [0, 0.1) is 5.92 Å². The summed E-state index contributed by atoms with van der Waals surface area (Å²) in [5.41, 5.74) is 0.944. The standard InChI is InChI=1S/C11H16N2O.ClH/c14-11(9-3-6-12-7-4-9)10-2-1-5-13-8-10;/h1-2,5,8-9,11-12,14H,3-4,6-7H2;1H. The van der Waals surface area contributed by atoms with Gasteiger partial charge in [0.1, 0.15) is 0 Å². The summed E-state index contributed by atoms with van der Waals surface area (Å²) >= 11 is 0. The average molecular weight is 229 g/mol. The fraction of sp³-hybridized carbons (Fsp3) is 0.545. The first-order valence-corrected chi connectivity index (χ1v) is 5.16. The molecule has 2 heterocycles. The van der Waals surface area contributed by atoms with Gasteiger partial charge in [-0.15, -0.1) is 12.4 Å². The third-order valence-electron chi connectivity index (χ3n) is 2.86. The van der Waals surface area contributed by atoms with E-state index in [2.05, 4.69) is 10.3 Å². The fourth-order valence-electron chi connectivity index (χ4n) is 1.98. The summed E-state index contributed by atoms with van der Waals surface area (Å²) in [6.07, 6.45) is 5.25. The Morgan fingerprint density at radius 1 is 1.40 bits per heavy atom. The van der Waals surface area contributed by atoms with Crippen LogP contribution in [0.3, 0.4) is 0 Å². The zero-order valence-corrected chi connectivity index (χ0v) is 9.41. The SMILES string of the molecule is Cl.OC(c1cccnc1)C1CCNCC1. The van der Waals surface area contributed by atoms with Gasteiger partial charge < -0.3 is 10.4 Å². The van der Waals surface area contributed by atoms with E-state index in [1.54, 1.807) is 12.4 Å². The summed E-state index contributed by atoms with van der Waals surface area (Å²) in [6.45, 7) is 2.03. The van der Waals surface area contributed by atoms with Gasteiger partial charge in [-0.2, -0.15) is 0 Å². The molecule has 84 valence electrons. The highest BCUT2D eigenvalue weighted by molar-refractivity contribution is 5.85. The van der Waals surface area contributed by atoms with Crippen LogP contribution in [0.5, 0.6) is 0 Å². The van der Waals surface area contributed by atoms with Crippen molar-refractivity contribution in [1.82, 2.24) is 10.3 Å². The van der Waals surface area contributed by atoms with Gasteiger partial charge in [0, 0.05) is 12.4 Å². The minimum Gasteiger partial charge on any atom is -0.388 e. The second-order valence-electron chi connectivity index (χ2n) is 3.82. The van der Waals surface area contributed by atoms with Crippen molar-refractivity contribution in [3.05, 3.63) is 30.1 Å². The lowest BCUT2D eigenvalue weighted by molar-refractivity contribution is 0.0886. The number of nitrogens with zero attached hydrogens (tertiary/aromatic N) is 1. The quantitative estimate of drug-likeness (QED) is 0.807. The van der Waals surface area contributed by atoms with E-state index in [1.165, 1.54) is 0 Å². The number of hydrogen-bond acceptors (Lipinski definition) is 3. The van der Waals surface area contributed by atoms with Crippen LogP contribution in [-0.4, -0.2) is 23.2 Å². The molecule has 1 aliphatic rings. The van der Waals surface area contributed by atoms with Crippen molar-refractivity contribution in [3.63, 3.8) is 0 Å². The molecule has 0 saturated carbocycles. The van der Waals surface area contributed by atoms with Crippen LogP contribution >= 0.6 is 12.4 Å². The zero-order chi connectivity index (χ0) is 9.80. The van der Waals surface area contributed by atoms with E-state index in [4.69, 9.17) is 0 Å². The predicted molar refractivity (Wildman–Crippen MR) is 62.0 cm³/mol. The molecule has 4 heteroatoms. The highest BCUT2D eigenvalue weighted by Gasteiger charge is 2.22. The van der Waals surface area contributed by atoms with Crippen LogP contribution in [-0.2, 0) is 0 Å². The van der Waals surface area contributed by atoms with Crippen molar-refractivity contribution in [2.24, 2.45) is 5.92 Å². The number of nitrogens with one attached hydrogen (secondary N) is 1. The van der Waals surface area contributed by atoms with Gasteiger partial charge in [-0.3, -0.25) is 4.98 Å². The molecule has 0 aliphatic carbocycles. The molecule has 3 nitrogen and oxygen atoms in total. The van der Waals surface area contributed by atoms with E-state index >= 15 is 0 Å². The summed E-state index contributed by atoms with van der Waals surface area (Å²) in [4.78, 5) is 4.02. The molecule has 2 rings (SSSR count). The first-order chi connectivity index (χ1) is 6.88. The van der Waals surface area contributed by atoms with Gasteiger partial charge >= 0.3 is 0 Å². The maximum Gasteiger partial charge on any atom is 0.0833 e. The number of piperidine rings is 1. The Morgan fingerprint density at radius 3 is 2.73 bits per heavy atom. The Balaban J connectivity index is 0.00000112. The molecule has 1 atom stereocenters. The van der Waals surface area contributed by atoms with Crippen LogP contribution < -0.4 is 5.32 Å². The molecule has 0 radical (unpaired) electrons. The molecule has 1 aromatic heterocycles. The van der Waals surface area contributed by atoms with E-state index in [-0.39, 0.29) is 18.5 Å². The summed E-state index contributed by atoms with van der Waals surface area (Å²) in [5, 5.41) is 13.4. The lowest BCUT2D eigenvalue weighted by atomic mass is 9.89. The molecular formula is C11H17ClN2O. The maximum absolute atomic E-state index is 10.1. The first-order valence-electron chi connectivity index (χ1n) is 5.16. The molecule has 0 aromatic carbocycles. The first kappa shape index (κ1) is 12.4. The number of aliphatic hydroxyl groups is 1. The highest BCUT2D eigenvalue weighted by Crippen LogP contribution is 2.27. The van der Waals surface area contributed by atoms with E-state index in [9.17, 15) is 5.11 Å². The molecule has 2 N–H and O–H groups in total. The monoisotopic (exact) mass is 228 g/mol. The summed E-state index contributed by atoms with van der Waals surface area (Å²) in [5.74, 6) is 0.389. The average Bonchev–Trinajstić information content (AvgIpc) is 2.30. The van der Waals surface area contributed by atoms with Gasteiger partial charge in [-0.1, -0.05) is 6.07 Å². The van der Waals surface area contributed by atoms with Crippen LogP contribution in [0.1, 0.15) is 24.5 Å². The second-order valence-corrected chi connectivity index (χ2v) is 3.82. The molecule has 15 heavy (non-hydrogen) atoms. The number of aromatic nitrogens is 1. The molecule has 0 spiro atoms. The summed E-state index contributed by atoms with van der Waals surface area (Å²) < 4.78 is 0. The van der Waals surface area contributed by atoms with Crippen LogP contribution in [0.4, 0.5) is 0 Å². The van der Waals surface area contributed by atoms with Gasteiger partial charge in [-0.25, -0.2) is 0 Å². The number of pyridine rings is 1. The van der Waals surface area contributed by atoms with E-state index in [0.29, 0.717) is 5.92 Å². The number of aliphatic hydroxyl groups excluding tert-OH is 1. The maximum atomic E-state index is 10.1. The van der Waals surface area contributed by atoms with Crippen LogP contribution in [0.2, 0.25) is 0 Å². The normalized spacial score (nSPS) is 19.3. The Bertz CT molecular complexity index is 275. The molecule has 1 unspecified atom stereocenters. The molecule has 1 aromatic rings. The van der Waals surface area contributed by atoms with Gasteiger partial charge in [0.25, 0.3) is 0 Å². The number of rotatable bonds is 2. The summed E-state index contributed by atoms with van der Waals surface area (Å²) in [7, 11) is 0. The fourth-order valence-corrected chi connectivity index (χ4v) is 1.98.